The molecule has 38 heavy (non-hydrogen) atoms. The number of amides is 3. The lowest BCUT2D eigenvalue weighted by atomic mass is 10.1. The molecule has 2 aromatic carbocycles. The van der Waals surface area contributed by atoms with E-state index in [4.69, 9.17) is 20.9 Å². The van der Waals surface area contributed by atoms with E-state index in [1.807, 2.05) is 0 Å². The van der Waals surface area contributed by atoms with Crippen molar-refractivity contribution in [2.45, 2.75) is 84.7 Å². The number of hydrogen-bond acceptors (Lipinski definition) is 8. The lowest BCUT2D eigenvalue weighted by molar-refractivity contribution is -0.118. The van der Waals surface area contributed by atoms with Crippen LogP contribution in [0.4, 0.5) is 32.3 Å². The summed E-state index contributed by atoms with van der Waals surface area (Å²) in [7, 11) is 0. The Morgan fingerprint density at radius 2 is 1.21 bits per heavy atom. The van der Waals surface area contributed by atoms with Crippen molar-refractivity contribution < 1.29 is 29.0 Å². The first kappa shape index (κ1) is 30.4. The average molecular weight is 529 g/mol. The van der Waals surface area contributed by atoms with Crippen molar-refractivity contribution in [3.05, 3.63) is 48.5 Å². The molecule has 0 bridgehead atoms. The molecule has 0 radical (unpaired) electrons. The molecule has 0 saturated carbocycles. The van der Waals surface area contributed by atoms with Crippen LogP contribution in [0.15, 0.2) is 48.5 Å². The normalized spacial score (nSPS) is 12.4. The lowest BCUT2D eigenvalue weighted by Crippen LogP contribution is -2.43. The maximum absolute atomic E-state index is 13.1. The molecule has 0 aromatic heterocycles. The molecule has 0 aliphatic rings. The highest BCUT2D eigenvalue weighted by Gasteiger charge is 2.30. The van der Waals surface area contributed by atoms with Crippen LogP contribution in [-0.4, -0.2) is 40.6 Å². The van der Waals surface area contributed by atoms with Crippen LogP contribution in [0.3, 0.4) is 0 Å². The number of nitrogen functional groups attached to an aromatic ring is 2. The predicted octanol–water partition coefficient (Wildman–Crippen LogP) is 5.44. The molecule has 2 aromatic rings. The summed E-state index contributed by atoms with van der Waals surface area (Å²) in [5.74, 6) is -0.457. The second-order valence-electron chi connectivity index (χ2n) is 11.0. The quantitative estimate of drug-likeness (QED) is 0.233. The molecule has 0 aliphatic carbocycles. The van der Waals surface area contributed by atoms with Crippen LogP contribution in [0, 0.1) is 0 Å². The monoisotopic (exact) mass is 528 g/mol. The van der Waals surface area contributed by atoms with Crippen molar-refractivity contribution in [3.63, 3.8) is 0 Å². The highest BCUT2D eigenvalue weighted by Crippen LogP contribution is 2.25. The van der Waals surface area contributed by atoms with Crippen molar-refractivity contribution in [2.75, 3.05) is 21.3 Å². The molecule has 1 unspecified atom stereocenters. The molecular formula is C28H40N4O6. The van der Waals surface area contributed by atoms with E-state index < -0.39 is 35.5 Å². The highest BCUT2D eigenvalue weighted by atomic mass is 16.6. The number of unbranched alkanes of at least 4 members (excludes halogenated alkanes) is 1. The Morgan fingerprint density at radius 3 is 1.68 bits per heavy atom. The SMILES string of the molecule is CC(C)(C)OC(=O)N(C(=O)CCCCC(O)N(C(=O)OC(C)(C)C)c1ccc(N)cc1)c1ccc(N)cc1. The fourth-order valence-corrected chi connectivity index (χ4v) is 3.47. The third-order valence-electron chi connectivity index (χ3n) is 5.14. The highest BCUT2D eigenvalue weighted by molar-refractivity contribution is 6.12. The Balaban J connectivity index is 2.08. The Labute approximate surface area is 224 Å². The van der Waals surface area contributed by atoms with Gasteiger partial charge in [0.25, 0.3) is 0 Å². The van der Waals surface area contributed by atoms with Crippen molar-refractivity contribution in [1.29, 1.82) is 0 Å². The van der Waals surface area contributed by atoms with Crippen LogP contribution >= 0.6 is 0 Å². The van der Waals surface area contributed by atoms with Crippen LogP contribution in [0.25, 0.3) is 0 Å². The number of carbonyl (C=O) groups excluding carboxylic acids is 3. The van der Waals surface area contributed by atoms with Gasteiger partial charge in [-0.15, -0.1) is 0 Å². The van der Waals surface area contributed by atoms with Crippen molar-refractivity contribution in [2.24, 2.45) is 0 Å². The lowest BCUT2D eigenvalue weighted by Gasteiger charge is -2.31. The van der Waals surface area contributed by atoms with Gasteiger partial charge in [0, 0.05) is 23.5 Å². The molecule has 0 heterocycles. The minimum atomic E-state index is -1.21. The predicted molar refractivity (Wildman–Crippen MR) is 149 cm³/mol. The number of ether oxygens (including phenoxy) is 2. The standard InChI is InChI=1S/C28H40N4O6/c1-27(2,3)37-25(35)31(21-15-11-19(29)12-16-21)23(33)9-7-8-10-24(34)32(26(36)38-28(4,5)6)22-17-13-20(30)14-18-22/h11-18,23,33H,7-10,29-30H2,1-6H3. The second-order valence-corrected chi connectivity index (χ2v) is 11.0. The fraction of sp³-hybridized carbons (Fsp3) is 0.464. The number of nitrogens with zero attached hydrogens (tertiary/aromatic N) is 2. The van der Waals surface area contributed by atoms with E-state index in [2.05, 4.69) is 0 Å². The summed E-state index contributed by atoms with van der Waals surface area (Å²) in [6.45, 7) is 10.4. The molecule has 208 valence electrons. The first-order valence-corrected chi connectivity index (χ1v) is 12.5. The van der Waals surface area contributed by atoms with Crippen molar-refractivity contribution in [3.8, 4) is 0 Å². The smallest absolute Gasteiger partial charge is 0.421 e. The topological polar surface area (TPSA) is 148 Å². The first-order chi connectivity index (χ1) is 17.6. The largest absolute Gasteiger partial charge is 0.443 e. The third kappa shape index (κ3) is 9.59. The maximum Gasteiger partial charge on any atom is 0.421 e. The summed E-state index contributed by atoms with van der Waals surface area (Å²) in [4.78, 5) is 40.9. The van der Waals surface area contributed by atoms with Gasteiger partial charge in [-0.05, 0) is 109 Å². The van der Waals surface area contributed by atoms with Crippen LogP contribution < -0.4 is 21.3 Å². The molecule has 1 atom stereocenters. The zero-order valence-corrected chi connectivity index (χ0v) is 23.1. The molecule has 3 amide bonds. The summed E-state index contributed by atoms with van der Waals surface area (Å²) >= 11 is 0. The number of aliphatic hydroxyl groups excluding tert-OH is 1. The molecule has 10 nitrogen and oxygen atoms in total. The van der Waals surface area contributed by atoms with Gasteiger partial charge in [-0.3, -0.25) is 9.69 Å². The number of benzene rings is 2. The van der Waals surface area contributed by atoms with Crippen molar-refractivity contribution in [1.82, 2.24) is 0 Å². The molecule has 0 aliphatic heterocycles. The zero-order valence-electron chi connectivity index (χ0n) is 23.1. The second kappa shape index (κ2) is 12.6. The Morgan fingerprint density at radius 1 is 0.763 bits per heavy atom. The van der Waals surface area contributed by atoms with Gasteiger partial charge >= 0.3 is 12.2 Å². The summed E-state index contributed by atoms with van der Waals surface area (Å²) < 4.78 is 10.9. The van der Waals surface area contributed by atoms with Crippen LogP contribution in [0.5, 0.6) is 0 Å². The molecule has 0 saturated heterocycles. The van der Waals surface area contributed by atoms with E-state index in [0.29, 0.717) is 35.6 Å². The number of imide groups is 1. The van der Waals surface area contributed by atoms with Gasteiger partial charge in [0.1, 0.15) is 17.4 Å². The molecular weight excluding hydrogens is 488 g/mol. The van der Waals surface area contributed by atoms with Gasteiger partial charge in [-0.25, -0.2) is 14.5 Å². The van der Waals surface area contributed by atoms with Gasteiger partial charge in [0.05, 0.1) is 5.69 Å². The van der Waals surface area contributed by atoms with E-state index in [9.17, 15) is 19.5 Å². The Kier molecular flexibility index (Phi) is 10.1. The molecule has 10 heteroatoms. The number of anilines is 4. The number of aliphatic hydroxyl groups is 1. The number of hydrogen-bond donors (Lipinski definition) is 3. The van der Waals surface area contributed by atoms with Gasteiger partial charge in [0.2, 0.25) is 5.91 Å². The Hall–Kier alpha value is -3.79. The fourth-order valence-electron chi connectivity index (χ4n) is 3.47. The summed E-state index contributed by atoms with van der Waals surface area (Å²) in [6.07, 6.45) is -1.76. The van der Waals surface area contributed by atoms with Crippen LogP contribution in [-0.2, 0) is 14.3 Å². The molecule has 0 spiro atoms. The number of rotatable bonds is 8. The van der Waals surface area contributed by atoms with Gasteiger partial charge in [-0.1, -0.05) is 0 Å². The summed E-state index contributed by atoms with van der Waals surface area (Å²) in [6, 6.07) is 12.8. The van der Waals surface area contributed by atoms with Crippen molar-refractivity contribution >= 4 is 40.8 Å². The zero-order chi connectivity index (χ0) is 28.7. The van der Waals surface area contributed by atoms with Gasteiger partial charge < -0.3 is 26.0 Å². The first-order valence-electron chi connectivity index (χ1n) is 12.5. The van der Waals surface area contributed by atoms with E-state index in [0.717, 1.165) is 9.80 Å². The van der Waals surface area contributed by atoms with Crippen LogP contribution in [0.1, 0.15) is 67.2 Å². The summed E-state index contributed by atoms with van der Waals surface area (Å²) in [5, 5.41) is 10.9. The third-order valence-corrected chi connectivity index (χ3v) is 5.14. The average Bonchev–Trinajstić information content (AvgIpc) is 2.77. The molecule has 5 N–H and O–H groups in total. The van der Waals surface area contributed by atoms with Crippen LogP contribution in [0.2, 0.25) is 0 Å². The minimum Gasteiger partial charge on any atom is -0.443 e. The van der Waals surface area contributed by atoms with E-state index in [-0.39, 0.29) is 12.8 Å². The van der Waals surface area contributed by atoms with E-state index in [1.165, 1.54) is 0 Å². The molecule has 0 fully saturated rings. The van der Waals surface area contributed by atoms with Gasteiger partial charge in [-0.2, -0.15) is 0 Å². The summed E-state index contributed by atoms with van der Waals surface area (Å²) in [5.41, 5.74) is 11.7. The van der Waals surface area contributed by atoms with E-state index >= 15 is 0 Å². The Bertz CT molecular complexity index is 1090. The van der Waals surface area contributed by atoms with Gasteiger partial charge in [0.15, 0.2) is 0 Å². The van der Waals surface area contributed by atoms with E-state index in [1.54, 1.807) is 90.1 Å². The number of nitrogens with two attached hydrogens (primary N) is 2. The minimum absolute atomic E-state index is 0.0185. The molecule has 2 rings (SSSR count). The maximum atomic E-state index is 13.1. The number of carbonyl (C=O) groups is 3.